The highest BCUT2D eigenvalue weighted by atomic mass is 79.9. The third-order valence-electron chi connectivity index (χ3n) is 3.43. The van der Waals surface area contributed by atoms with E-state index in [4.69, 9.17) is 11.6 Å². The van der Waals surface area contributed by atoms with Gasteiger partial charge in [-0.2, -0.15) is 13.2 Å². The molecule has 0 nitrogen and oxygen atoms in total. The van der Waals surface area contributed by atoms with Crippen molar-refractivity contribution in [2.75, 3.05) is 0 Å². The van der Waals surface area contributed by atoms with E-state index in [1.54, 1.807) is 12.1 Å². The quantitative estimate of drug-likeness (QED) is 0.527. The minimum atomic E-state index is -4.39. The number of alkyl halides is 4. The summed E-state index contributed by atoms with van der Waals surface area (Å²) in [6, 6.07) is 9.12. The summed E-state index contributed by atoms with van der Waals surface area (Å²) in [5, 5.41) is 0.456. The van der Waals surface area contributed by atoms with Crippen LogP contribution in [0.1, 0.15) is 32.6 Å². The fourth-order valence-electron chi connectivity index (χ4n) is 2.14. The summed E-state index contributed by atoms with van der Waals surface area (Å²) in [4.78, 5) is -0.609. The van der Waals surface area contributed by atoms with Crippen LogP contribution in [-0.4, -0.2) is 0 Å². The maximum absolute atomic E-state index is 13.1. The summed E-state index contributed by atoms with van der Waals surface area (Å²) < 4.78 is 39.3. The van der Waals surface area contributed by atoms with Gasteiger partial charge in [-0.1, -0.05) is 51.8 Å². The second-order valence-corrected chi connectivity index (χ2v) is 6.23. The van der Waals surface area contributed by atoms with E-state index in [0.717, 1.165) is 17.2 Å². The van der Waals surface area contributed by atoms with Gasteiger partial charge in [0.2, 0.25) is 0 Å². The number of rotatable bonds is 2. The molecule has 0 aliphatic rings. The van der Waals surface area contributed by atoms with Gasteiger partial charge in [0.05, 0.1) is 10.4 Å². The molecule has 0 saturated carbocycles. The van der Waals surface area contributed by atoms with E-state index < -0.39 is 16.6 Å². The second kappa shape index (κ2) is 6.01. The van der Waals surface area contributed by atoms with Crippen LogP contribution in [0.5, 0.6) is 0 Å². The molecule has 0 saturated heterocycles. The summed E-state index contributed by atoms with van der Waals surface area (Å²) in [5.74, 6) is 0. The van der Waals surface area contributed by atoms with E-state index in [2.05, 4.69) is 15.9 Å². The Hall–Kier alpha value is -1.00. The van der Waals surface area contributed by atoms with Gasteiger partial charge in [0.15, 0.2) is 0 Å². The largest absolute Gasteiger partial charge is 0.416 e. The molecule has 2 aromatic carbocycles. The molecule has 0 spiro atoms. The third kappa shape index (κ3) is 3.43. The first-order chi connectivity index (χ1) is 9.71. The number of benzene rings is 2. The van der Waals surface area contributed by atoms with E-state index in [0.29, 0.717) is 10.6 Å². The molecule has 2 rings (SSSR count). The average Bonchev–Trinajstić information content (AvgIpc) is 2.41. The Kier molecular flexibility index (Phi) is 4.69. The molecule has 0 heterocycles. The lowest BCUT2D eigenvalue weighted by atomic mass is 9.97. The Morgan fingerprint density at radius 3 is 2.19 bits per heavy atom. The zero-order valence-electron chi connectivity index (χ0n) is 11.4. The summed E-state index contributed by atoms with van der Waals surface area (Å²) in [6.07, 6.45) is -4.39. The Bertz CT molecular complexity index is 665. The van der Waals surface area contributed by atoms with E-state index in [1.165, 1.54) is 12.1 Å². The molecule has 0 aliphatic carbocycles. The first-order valence-corrected chi connectivity index (χ1v) is 7.58. The van der Waals surface area contributed by atoms with Crippen LogP contribution >= 0.6 is 27.5 Å². The molecular weight excluding hydrogens is 365 g/mol. The lowest BCUT2D eigenvalue weighted by Crippen LogP contribution is -2.10. The van der Waals surface area contributed by atoms with Gasteiger partial charge in [-0.05, 0) is 48.2 Å². The minimum absolute atomic E-state index is 0.162. The van der Waals surface area contributed by atoms with Crippen molar-refractivity contribution in [2.45, 2.75) is 24.9 Å². The average molecular weight is 378 g/mol. The molecule has 1 unspecified atom stereocenters. The first kappa shape index (κ1) is 16.4. The molecule has 0 amide bonds. The predicted octanol–water partition coefficient (Wildman–Crippen LogP) is 6.46. The maximum atomic E-state index is 13.1. The Morgan fingerprint density at radius 1 is 1.00 bits per heavy atom. The van der Waals surface area contributed by atoms with Crippen molar-refractivity contribution >= 4 is 27.5 Å². The van der Waals surface area contributed by atoms with Crippen LogP contribution in [0.4, 0.5) is 13.2 Å². The standard InChI is InChI=1S/C16H13BrClF3/c1-9-7-12(14(18)8-10(9)2)15(17)11-5-3-4-6-13(11)16(19,20)21/h3-8,15H,1-2H3. The van der Waals surface area contributed by atoms with E-state index in [1.807, 2.05) is 19.9 Å². The monoisotopic (exact) mass is 376 g/mol. The van der Waals surface area contributed by atoms with Crippen LogP contribution < -0.4 is 0 Å². The van der Waals surface area contributed by atoms with Crippen LogP contribution in [0, 0.1) is 13.8 Å². The summed E-state index contributed by atoms with van der Waals surface area (Å²) in [6.45, 7) is 3.82. The number of halogens is 5. The van der Waals surface area contributed by atoms with Gasteiger partial charge in [-0.3, -0.25) is 0 Å². The maximum Gasteiger partial charge on any atom is 0.416 e. The van der Waals surface area contributed by atoms with E-state index in [9.17, 15) is 13.2 Å². The smallest absolute Gasteiger partial charge is 0.166 e. The molecule has 5 heteroatoms. The highest BCUT2D eigenvalue weighted by Gasteiger charge is 2.35. The molecule has 0 aliphatic heterocycles. The second-order valence-electron chi connectivity index (χ2n) is 4.91. The lowest BCUT2D eigenvalue weighted by molar-refractivity contribution is -0.138. The van der Waals surface area contributed by atoms with Gasteiger partial charge in [0.25, 0.3) is 0 Å². The fourth-order valence-corrected chi connectivity index (χ4v) is 3.38. The molecule has 0 radical (unpaired) electrons. The first-order valence-electron chi connectivity index (χ1n) is 6.28. The van der Waals surface area contributed by atoms with Crippen molar-refractivity contribution in [3.05, 3.63) is 69.2 Å². The van der Waals surface area contributed by atoms with Gasteiger partial charge in [-0.25, -0.2) is 0 Å². The van der Waals surface area contributed by atoms with Crippen molar-refractivity contribution in [1.82, 2.24) is 0 Å². The normalized spacial score (nSPS) is 13.3. The molecule has 0 bridgehead atoms. The number of hydrogen-bond acceptors (Lipinski definition) is 0. The zero-order chi connectivity index (χ0) is 15.8. The van der Waals surface area contributed by atoms with Crippen LogP contribution in [0.3, 0.4) is 0 Å². The Balaban J connectivity index is 2.56. The minimum Gasteiger partial charge on any atom is -0.166 e. The highest BCUT2D eigenvalue weighted by Crippen LogP contribution is 2.42. The fraction of sp³-hybridized carbons (Fsp3) is 0.250. The van der Waals surface area contributed by atoms with Crippen LogP contribution in [-0.2, 0) is 6.18 Å². The lowest BCUT2D eigenvalue weighted by Gasteiger charge is -2.19. The van der Waals surface area contributed by atoms with Gasteiger partial charge in [0.1, 0.15) is 0 Å². The van der Waals surface area contributed by atoms with Crippen molar-refractivity contribution in [3.63, 3.8) is 0 Å². The molecule has 112 valence electrons. The summed E-state index contributed by atoms with van der Waals surface area (Å²) in [7, 11) is 0. The molecule has 0 fully saturated rings. The van der Waals surface area contributed by atoms with E-state index >= 15 is 0 Å². The molecule has 1 atom stereocenters. The number of aryl methyl sites for hydroxylation is 2. The van der Waals surface area contributed by atoms with Crippen molar-refractivity contribution in [2.24, 2.45) is 0 Å². The summed E-state index contributed by atoms with van der Waals surface area (Å²) >= 11 is 9.56. The van der Waals surface area contributed by atoms with Crippen molar-refractivity contribution in [3.8, 4) is 0 Å². The highest BCUT2D eigenvalue weighted by molar-refractivity contribution is 9.09. The van der Waals surface area contributed by atoms with Crippen LogP contribution in [0.25, 0.3) is 0 Å². The van der Waals surface area contributed by atoms with Crippen molar-refractivity contribution < 1.29 is 13.2 Å². The Labute approximate surface area is 135 Å². The van der Waals surface area contributed by atoms with Gasteiger partial charge < -0.3 is 0 Å². The third-order valence-corrected chi connectivity index (χ3v) is 4.74. The van der Waals surface area contributed by atoms with Crippen LogP contribution in [0.2, 0.25) is 5.02 Å². The predicted molar refractivity (Wildman–Crippen MR) is 83.1 cm³/mol. The van der Waals surface area contributed by atoms with Gasteiger partial charge >= 0.3 is 6.18 Å². The zero-order valence-corrected chi connectivity index (χ0v) is 13.8. The molecule has 2 aromatic rings. The van der Waals surface area contributed by atoms with Gasteiger partial charge in [-0.15, -0.1) is 0 Å². The Morgan fingerprint density at radius 2 is 1.57 bits per heavy atom. The topological polar surface area (TPSA) is 0 Å². The molecule has 21 heavy (non-hydrogen) atoms. The molecular formula is C16H13BrClF3. The van der Waals surface area contributed by atoms with Crippen LogP contribution in [0.15, 0.2) is 36.4 Å². The SMILES string of the molecule is Cc1cc(Cl)c(C(Br)c2ccccc2C(F)(F)F)cc1C. The molecule has 0 aromatic heterocycles. The molecule has 0 N–H and O–H groups in total. The number of hydrogen-bond donors (Lipinski definition) is 0. The summed E-state index contributed by atoms with van der Waals surface area (Å²) in [5.41, 5.74) is 2.14. The van der Waals surface area contributed by atoms with Crippen molar-refractivity contribution in [1.29, 1.82) is 0 Å². The van der Waals surface area contributed by atoms with E-state index in [-0.39, 0.29) is 5.56 Å². The van der Waals surface area contributed by atoms with Gasteiger partial charge in [0, 0.05) is 5.02 Å².